The molecule has 2 aliphatic heterocycles. The maximum Gasteiger partial charge on any atom is 0.321 e. The quantitative estimate of drug-likeness (QED) is 0.688. The van der Waals surface area contributed by atoms with Crippen LogP contribution in [0.4, 0.5) is 10.5 Å². The highest BCUT2D eigenvalue weighted by Gasteiger charge is 2.31. The average Bonchev–Trinajstić information content (AvgIpc) is 2.72. The summed E-state index contributed by atoms with van der Waals surface area (Å²) in [7, 11) is 0. The fourth-order valence-electron chi connectivity index (χ4n) is 4.36. The number of carbonyl (C=O) groups excluding carboxylic acids is 1. The summed E-state index contributed by atoms with van der Waals surface area (Å²) in [5, 5.41) is 3.68. The van der Waals surface area contributed by atoms with Crippen LogP contribution in [0.25, 0.3) is 0 Å². The highest BCUT2D eigenvalue weighted by Crippen LogP contribution is 2.26. The minimum Gasteiger partial charge on any atom is -0.381 e. The fraction of sp³-hybridized carbons (Fsp3) is 0.696. The van der Waals surface area contributed by atoms with E-state index in [0.717, 1.165) is 69.8 Å². The van der Waals surface area contributed by atoms with E-state index in [1.54, 1.807) is 0 Å². The van der Waals surface area contributed by atoms with Crippen molar-refractivity contribution in [3.05, 3.63) is 28.8 Å². The van der Waals surface area contributed by atoms with E-state index in [-0.39, 0.29) is 6.03 Å². The van der Waals surface area contributed by atoms with E-state index in [1.165, 1.54) is 6.42 Å². The molecule has 0 radical (unpaired) electrons. The van der Waals surface area contributed by atoms with Crippen LogP contribution < -0.4 is 5.32 Å². The number of amides is 2. The number of carbonyl (C=O) groups is 1. The molecular formula is C23H36ClN3O2. The molecule has 5 nitrogen and oxygen atoms in total. The van der Waals surface area contributed by atoms with Crippen LogP contribution in [0.15, 0.2) is 18.2 Å². The summed E-state index contributed by atoms with van der Waals surface area (Å²) in [6.07, 6.45) is 5.57. The molecule has 0 unspecified atom stereocenters. The van der Waals surface area contributed by atoms with Crippen LogP contribution in [0.3, 0.4) is 0 Å². The van der Waals surface area contributed by atoms with Crippen LogP contribution in [0.2, 0.25) is 5.02 Å². The van der Waals surface area contributed by atoms with Crippen molar-refractivity contribution in [1.29, 1.82) is 0 Å². The lowest BCUT2D eigenvalue weighted by atomic mass is 9.96. The standard InChI is InChI=1S/C23H36ClN3O2/c1-17(2)6-13-27(21-9-14-29-15-10-21)20-7-11-26(12-8-20)23(28)25-19-5-4-18(3)22(24)16-19/h4-5,16-17,20-21H,6-15H2,1-3H3,(H,25,28). The Labute approximate surface area is 180 Å². The molecule has 3 rings (SSSR count). The maximum atomic E-state index is 12.7. The predicted octanol–water partition coefficient (Wildman–Crippen LogP) is 5.17. The minimum atomic E-state index is -0.0248. The molecule has 162 valence electrons. The van der Waals surface area contributed by atoms with Gasteiger partial charge in [0.2, 0.25) is 0 Å². The molecule has 0 spiro atoms. The van der Waals surface area contributed by atoms with Crippen molar-refractivity contribution in [2.45, 2.75) is 65.0 Å². The number of anilines is 1. The van der Waals surface area contributed by atoms with Crippen LogP contribution in [0, 0.1) is 12.8 Å². The van der Waals surface area contributed by atoms with Crippen molar-refractivity contribution >= 4 is 23.3 Å². The topological polar surface area (TPSA) is 44.8 Å². The molecule has 2 fully saturated rings. The Morgan fingerprint density at radius 3 is 2.48 bits per heavy atom. The van der Waals surface area contributed by atoms with E-state index >= 15 is 0 Å². The van der Waals surface area contributed by atoms with Crippen LogP contribution in [-0.2, 0) is 4.74 Å². The largest absolute Gasteiger partial charge is 0.381 e. The van der Waals surface area contributed by atoms with Crippen LogP contribution in [-0.4, -0.2) is 60.8 Å². The van der Waals surface area contributed by atoms with Crippen molar-refractivity contribution in [3.8, 4) is 0 Å². The molecular weight excluding hydrogens is 386 g/mol. The van der Waals surface area contributed by atoms with Crippen molar-refractivity contribution in [2.24, 2.45) is 5.92 Å². The van der Waals surface area contributed by atoms with E-state index in [2.05, 4.69) is 24.1 Å². The lowest BCUT2D eigenvalue weighted by molar-refractivity contribution is 0.00321. The SMILES string of the molecule is Cc1ccc(NC(=O)N2CCC(N(CCC(C)C)C3CCOCC3)CC2)cc1Cl. The van der Waals surface area contributed by atoms with E-state index < -0.39 is 0 Å². The first-order valence-electron chi connectivity index (χ1n) is 11.1. The molecule has 2 aliphatic rings. The summed E-state index contributed by atoms with van der Waals surface area (Å²) < 4.78 is 5.59. The lowest BCUT2D eigenvalue weighted by Gasteiger charge is -2.44. The van der Waals surface area contributed by atoms with Gasteiger partial charge in [-0.05, 0) is 69.2 Å². The number of nitrogens with zero attached hydrogens (tertiary/aromatic N) is 2. The number of benzene rings is 1. The zero-order valence-electron chi connectivity index (χ0n) is 18.1. The molecule has 1 N–H and O–H groups in total. The van der Waals surface area contributed by atoms with E-state index in [0.29, 0.717) is 23.0 Å². The Kier molecular flexibility index (Phi) is 8.22. The van der Waals surface area contributed by atoms with Gasteiger partial charge < -0.3 is 15.0 Å². The lowest BCUT2D eigenvalue weighted by Crippen LogP contribution is -2.52. The minimum absolute atomic E-state index is 0.0248. The molecule has 2 saturated heterocycles. The summed E-state index contributed by atoms with van der Waals surface area (Å²) in [5.41, 5.74) is 1.77. The number of hydrogen-bond acceptors (Lipinski definition) is 3. The first-order chi connectivity index (χ1) is 13.9. The predicted molar refractivity (Wildman–Crippen MR) is 120 cm³/mol. The molecule has 0 saturated carbocycles. The molecule has 0 aliphatic carbocycles. The van der Waals surface area contributed by atoms with Gasteiger partial charge in [0, 0.05) is 49.1 Å². The molecule has 0 bridgehead atoms. The highest BCUT2D eigenvalue weighted by atomic mass is 35.5. The van der Waals surface area contributed by atoms with Crippen molar-refractivity contribution in [3.63, 3.8) is 0 Å². The molecule has 1 aromatic carbocycles. The number of aryl methyl sites for hydroxylation is 1. The Morgan fingerprint density at radius 1 is 1.21 bits per heavy atom. The average molecular weight is 422 g/mol. The van der Waals surface area contributed by atoms with Gasteiger partial charge in [-0.3, -0.25) is 4.90 Å². The second kappa shape index (κ2) is 10.6. The molecule has 6 heteroatoms. The Bertz CT molecular complexity index is 668. The molecule has 1 aromatic rings. The molecule has 0 aromatic heterocycles. The van der Waals surface area contributed by atoms with Gasteiger partial charge in [0.15, 0.2) is 0 Å². The maximum absolute atomic E-state index is 12.7. The number of likely N-dealkylation sites (tertiary alicyclic amines) is 1. The van der Waals surface area contributed by atoms with Crippen molar-refractivity contribution in [1.82, 2.24) is 9.80 Å². The molecule has 0 atom stereocenters. The second-order valence-electron chi connectivity index (χ2n) is 8.88. The number of piperidine rings is 1. The first kappa shape index (κ1) is 22.4. The smallest absolute Gasteiger partial charge is 0.321 e. The summed E-state index contributed by atoms with van der Waals surface area (Å²) in [6, 6.07) is 6.83. The first-order valence-corrected chi connectivity index (χ1v) is 11.5. The number of nitrogens with one attached hydrogen (secondary N) is 1. The van der Waals surface area contributed by atoms with Gasteiger partial charge in [-0.2, -0.15) is 0 Å². The zero-order valence-corrected chi connectivity index (χ0v) is 18.9. The number of urea groups is 1. The summed E-state index contributed by atoms with van der Waals surface area (Å²) in [6.45, 7) is 11.1. The van der Waals surface area contributed by atoms with Gasteiger partial charge in [0.25, 0.3) is 0 Å². The van der Waals surface area contributed by atoms with Gasteiger partial charge in [0.05, 0.1) is 0 Å². The summed E-state index contributed by atoms with van der Waals surface area (Å²) in [4.78, 5) is 17.4. The normalized spacial score (nSPS) is 19.2. The van der Waals surface area contributed by atoms with Gasteiger partial charge in [-0.1, -0.05) is 31.5 Å². The van der Waals surface area contributed by atoms with Gasteiger partial charge in [0.1, 0.15) is 0 Å². The van der Waals surface area contributed by atoms with Gasteiger partial charge >= 0.3 is 6.03 Å². The van der Waals surface area contributed by atoms with E-state index in [1.807, 2.05) is 30.0 Å². The van der Waals surface area contributed by atoms with E-state index in [9.17, 15) is 4.79 Å². The summed E-state index contributed by atoms with van der Waals surface area (Å²) >= 11 is 6.18. The number of ether oxygens (including phenoxy) is 1. The molecule has 2 heterocycles. The Morgan fingerprint density at radius 2 is 1.86 bits per heavy atom. The fourth-order valence-corrected chi connectivity index (χ4v) is 4.54. The number of halogens is 1. The third-order valence-corrected chi connectivity index (χ3v) is 6.68. The van der Waals surface area contributed by atoms with Crippen molar-refractivity contribution < 1.29 is 9.53 Å². The Balaban J connectivity index is 1.55. The number of hydrogen-bond donors (Lipinski definition) is 1. The van der Waals surface area contributed by atoms with E-state index in [4.69, 9.17) is 16.3 Å². The van der Waals surface area contributed by atoms with Gasteiger partial charge in [-0.15, -0.1) is 0 Å². The van der Waals surface area contributed by atoms with Gasteiger partial charge in [-0.25, -0.2) is 4.79 Å². The monoisotopic (exact) mass is 421 g/mol. The van der Waals surface area contributed by atoms with Crippen LogP contribution in [0.5, 0.6) is 0 Å². The third-order valence-electron chi connectivity index (χ3n) is 6.27. The highest BCUT2D eigenvalue weighted by molar-refractivity contribution is 6.31. The zero-order chi connectivity index (χ0) is 20.8. The van der Waals surface area contributed by atoms with Crippen LogP contribution in [0.1, 0.15) is 51.5 Å². The number of rotatable bonds is 6. The van der Waals surface area contributed by atoms with Crippen LogP contribution >= 0.6 is 11.6 Å². The second-order valence-corrected chi connectivity index (χ2v) is 9.28. The molecule has 29 heavy (non-hydrogen) atoms. The Hall–Kier alpha value is -1.30. The molecule has 2 amide bonds. The summed E-state index contributed by atoms with van der Waals surface area (Å²) in [5.74, 6) is 0.713. The van der Waals surface area contributed by atoms with Crippen molar-refractivity contribution in [2.75, 3.05) is 38.2 Å². The third kappa shape index (κ3) is 6.34.